The number of ether oxygens (including phenoxy) is 1. The third-order valence-electron chi connectivity index (χ3n) is 3.87. The summed E-state index contributed by atoms with van der Waals surface area (Å²) in [6.07, 6.45) is 2.38. The summed E-state index contributed by atoms with van der Waals surface area (Å²) in [4.78, 5) is 6.02. The molecule has 118 valence electrons. The van der Waals surface area contributed by atoms with Crippen molar-refractivity contribution >= 4 is 16.9 Å². The van der Waals surface area contributed by atoms with Crippen LogP contribution in [-0.2, 0) is 4.74 Å². The number of nitrogens with zero attached hydrogens (tertiary/aromatic N) is 2. The van der Waals surface area contributed by atoms with Crippen molar-refractivity contribution in [1.29, 1.82) is 0 Å². The molecule has 2 unspecified atom stereocenters. The van der Waals surface area contributed by atoms with E-state index in [2.05, 4.69) is 15.2 Å². The van der Waals surface area contributed by atoms with Gasteiger partial charge in [0.2, 0.25) is 0 Å². The highest BCUT2D eigenvalue weighted by Crippen LogP contribution is 2.29. The van der Waals surface area contributed by atoms with Gasteiger partial charge in [-0.05, 0) is 37.9 Å². The molecule has 20 heavy (non-hydrogen) atoms. The number of piperidine rings is 1. The molecule has 1 fully saturated rings. The van der Waals surface area contributed by atoms with Crippen LogP contribution in [0.2, 0.25) is 0 Å². The minimum Gasteiger partial charge on any atom is -0.389 e. The summed E-state index contributed by atoms with van der Waals surface area (Å²) < 4.78 is 5.76. The predicted octanol–water partition coefficient (Wildman–Crippen LogP) is 0.339. The van der Waals surface area contributed by atoms with Crippen LogP contribution in [0.1, 0.15) is 26.2 Å². The van der Waals surface area contributed by atoms with Crippen LogP contribution in [0.3, 0.4) is 0 Å². The Balaban J connectivity index is 2.85. The highest BCUT2D eigenvalue weighted by atomic mass is 35.5. The molecule has 2 atom stereocenters. The van der Waals surface area contributed by atoms with E-state index >= 15 is 0 Å². The van der Waals surface area contributed by atoms with E-state index in [1.54, 1.807) is 14.2 Å². The standard InChI is InChI=1S/C13H27ClN4O2/c1-12(19)5-4-8-18(10-12)13(20-3,6-7-15)9-17-11(14)16-2/h19H,4-10,15H2,1-3H3,(H,16,17). The first kappa shape index (κ1) is 17.7. The lowest BCUT2D eigenvalue weighted by molar-refractivity contribution is -0.170. The van der Waals surface area contributed by atoms with Crippen LogP contribution < -0.4 is 11.1 Å². The topological polar surface area (TPSA) is 83.1 Å². The number of methoxy groups -OCH3 is 1. The number of nitrogens with one attached hydrogen (secondary N) is 1. The van der Waals surface area contributed by atoms with Crippen molar-refractivity contribution in [2.24, 2.45) is 10.7 Å². The summed E-state index contributed by atoms with van der Waals surface area (Å²) >= 11 is 5.91. The zero-order valence-electron chi connectivity index (χ0n) is 12.7. The van der Waals surface area contributed by atoms with Gasteiger partial charge < -0.3 is 20.9 Å². The molecule has 0 aromatic rings. The smallest absolute Gasteiger partial charge is 0.191 e. The van der Waals surface area contributed by atoms with Crippen LogP contribution in [0, 0.1) is 0 Å². The molecule has 0 amide bonds. The van der Waals surface area contributed by atoms with Crippen LogP contribution in [0.4, 0.5) is 0 Å². The maximum absolute atomic E-state index is 10.3. The molecule has 7 heteroatoms. The third-order valence-corrected chi connectivity index (χ3v) is 4.18. The number of hydrogen-bond donors (Lipinski definition) is 3. The molecule has 0 aromatic carbocycles. The molecular formula is C13H27ClN4O2. The SMILES string of the molecule is CN=C(Cl)NCC(CCN)(OC)N1CCCC(C)(O)C1. The highest BCUT2D eigenvalue weighted by Gasteiger charge is 2.41. The lowest BCUT2D eigenvalue weighted by atomic mass is 9.92. The Morgan fingerprint density at radius 1 is 1.65 bits per heavy atom. The number of aliphatic imine (C=N–C) groups is 1. The number of β-amino-alcohol motifs (C(OH)–C–C–N with tert-alkyl or cyclic N) is 1. The Morgan fingerprint density at radius 3 is 2.85 bits per heavy atom. The van der Waals surface area contributed by atoms with Crippen molar-refractivity contribution in [1.82, 2.24) is 10.2 Å². The third kappa shape index (κ3) is 4.56. The number of halogens is 1. The van der Waals surface area contributed by atoms with Crippen molar-refractivity contribution in [2.45, 2.75) is 37.5 Å². The molecule has 1 rings (SSSR count). The average Bonchev–Trinajstić information content (AvgIpc) is 2.42. The van der Waals surface area contributed by atoms with E-state index in [0.717, 1.165) is 19.4 Å². The van der Waals surface area contributed by atoms with E-state index in [4.69, 9.17) is 22.1 Å². The minimum atomic E-state index is -0.695. The molecular weight excluding hydrogens is 280 g/mol. The molecule has 0 bridgehead atoms. The largest absolute Gasteiger partial charge is 0.389 e. The lowest BCUT2D eigenvalue weighted by Crippen LogP contribution is -2.62. The number of nitrogens with two attached hydrogens (primary N) is 1. The molecule has 6 nitrogen and oxygen atoms in total. The minimum absolute atomic E-state index is 0.340. The van der Waals surface area contributed by atoms with Gasteiger partial charge in [0.1, 0.15) is 5.72 Å². The average molecular weight is 307 g/mol. The van der Waals surface area contributed by atoms with Gasteiger partial charge in [0.25, 0.3) is 0 Å². The number of rotatable bonds is 6. The molecule has 0 radical (unpaired) electrons. The van der Waals surface area contributed by atoms with E-state index in [0.29, 0.717) is 31.3 Å². The van der Waals surface area contributed by atoms with Crippen molar-refractivity contribution < 1.29 is 9.84 Å². The maximum atomic E-state index is 10.3. The Labute approximate surface area is 126 Å². The fourth-order valence-corrected chi connectivity index (χ4v) is 2.81. The summed E-state index contributed by atoms with van der Waals surface area (Å²) in [7, 11) is 3.29. The van der Waals surface area contributed by atoms with Crippen LogP contribution in [0.5, 0.6) is 0 Å². The second-order valence-electron chi connectivity index (χ2n) is 5.58. The summed E-state index contributed by atoms with van der Waals surface area (Å²) in [5, 5.41) is 13.7. The molecule has 1 aliphatic rings. The Bertz CT molecular complexity index is 338. The number of amidine groups is 1. The number of likely N-dealkylation sites (tertiary alicyclic amines) is 1. The Hall–Kier alpha value is -0.400. The van der Waals surface area contributed by atoms with Gasteiger partial charge in [-0.15, -0.1) is 0 Å². The van der Waals surface area contributed by atoms with E-state index in [-0.39, 0.29) is 0 Å². The van der Waals surface area contributed by atoms with E-state index in [1.165, 1.54) is 0 Å². The van der Waals surface area contributed by atoms with Gasteiger partial charge in [0.15, 0.2) is 5.29 Å². The summed E-state index contributed by atoms with van der Waals surface area (Å²) in [5.41, 5.74) is 4.47. The summed E-state index contributed by atoms with van der Waals surface area (Å²) in [6.45, 7) is 4.26. The summed E-state index contributed by atoms with van der Waals surface area (Å²) in [6, 6.07) is 0. The molecule has 1 saturated heterocycles. The van der Waals surface area contributed by atoms with Gasteiger partial charge in [-0.25, -0.2) is 0 Å². The van der Waals surface area contributed by atoms with E-state index in [9.17, 15) is 5.11 Å². The number of aliphatic hydroxyl groups is 1. The fourth-order valence-electron chi connectivity index (χ4n) is 2.75. The molecule has 0 saturated carbocycles. The first-order valence-electron chi connectivity index (χ1n) is 6.98. The summed E-state index contributed by atoms with van der Waals surface area (Å²) in [5.74, 6) is 0. The molecule has 4 N–H and O–H groups in total. The predicted molar refractivity (Wildman–Crippen MR) is 82.1 cm³/mol. The van der Waals surface area contributed by atoms with Gasteiger partial charge in [-0.2, -0.15) is 0 Å². The first-order valence-corrected chi connectivity index (χ1v) is 7.36. The van der Waals surface area contributed by atoms with Crippen molar-refractivity contribution in [3.05, 3.63) is 0 Å². The quantitative estimate of drug-likeness (QED) is 0.374. The normalized spacial score (nSPS) is 28.2. The first-order chi connectivity index (χ1) is 9.39. The fraction of sp³-hybridized carbons (Fsp3) is 0.923. The molecule has 0 spiro atoms. The van der Waals surface area contributed by atoms with Crippen LogP contribution in [0.25, 0.3) is 0 Å². The van der Waals surface area contributed by atoms with Crippen molar-refractivity contribution in [3.8, 4) is 0 Å². The van der Waals surface area contributed by atoms with Gasteiger partial charge in [0.05, 0.1) is 12.1 Å². The molecule has 1 heterocycles. The lowest BCUT2D eigenvalue weighted by Gasteiger charge is -2.48. The Morgan fingerprint density at radius 2 is 2.35 bits per heavy atom. The van der Waals surface area contributed by atoms with Gasteiger partial charge in [-0.1, -0.05) is 0 Å². The number of hydrogen-bond acceptors (Lipinski definition) is 5. The van der Waals surface area contributed by atoms with Gasteiger partial charge in [-0.3, -0.25) is 9.89 Å². The Kier molecular flexibility index (Phi) is 6.68. The van der Waals surface area contributed by atoms with Crippen LogP contribution in [-0.4, -0.2) is 67.0 Å². The van der Waals surface area contributed by atoms with Gasteiger partial charge >= 0.3 is 0 Å². The monoisotopic (exact) mass is 306 g/mol. The highest BCUT2D eigenvalue weighted by molar-refractivity contribution is 6.64. The van der Waals surface area contributed by atoms with E-state index < -0.39 is 11.3 Å². The second-order valence-corrected chi connectivity index (χ2v) is 5.94. The molecule has 0 aliphatic carbocycles. The zero-order valence-corrected chi connectivity index (χ0v) is 13.4. The molecule has 0 aromatic heterocycles. The molecule has 1 aliphatic heterocycles. The van der Waals surface area contributed by atoms with Crippen LogP contribution in [0.15, 0.2) is 4.99 Å². The second kappa shape index (κ2) is 7.56. The van der Waals surface area contributed by atoms with Crippen molar-refractivity contribution in [3.63, 3.8) is 0 Å². The van der Waals surface area contributed by atoms with E-state index in [1.807, 2.05) is 6.92 Å². The van der Waals surface area contributed by atoms with Crippen LogP contribution >= 0.6 is 11.6 Å². The van der Waals surface area contributed by atoms with Crippen molar-refractivity contribution in [2.75, 3.05) is 40.3 Å². The maximum Gasteiger partial charge on any atom is 0.191 e. The zero-order chi connectivity index (χ0) is 15.2. The van der Waals surface area contributed by atoms with Gasteiger partial charge in [0, 0.05) is 33.7 Å².